The van der Waals surface area contributed by atoms with Crippen LogP contribution in [0.4, 0.5) is 5.69 Å². The molecule has 5 nitrogen and oxygen atoms in total. The van der Waals surface area contributed by atoms with E-state index >= 15 is 0 Å². The van der Waals surface area contributed by atoms with Gasteiger partial charge in [-0.2, -0.15) is 0 Å². The number of amides is 1. The smallest absolute Gasteiger partial charge is 0.235 e. The van der Waals surface area contributed by atoms with Crippen LogP contribution < -0.4 is 5.32 Å². The van der Waals surface area contributed by atoms with E-state index in [9.17, 15) is 9.59 Å². The average molecular weight is 355 g/mol. The summed E-state index contributed by atoms with van der Waals surface area (Å²) in [6, 6.07) is 6.18. The molecule has 1 amide bonds. The number of rotatable bonds is 4. The Morgan fingerprint density at radius 2 is 2.10 bits per heavy atom. The first-order valence-electron chi connectivity index (χ1n) is 5.58. The first kappa shape index (κ1) is 14.6. The minimum Gasteiger partial charge on any atom is -0.325 e. The van der Waals surface area contributed by atoms with Crippen molar-refractivity contribution >= 4 is 44.9 Å². The molecule has 0 bridgehead atoms. The Labute approximate surface area is 128 Å². The largest absolute Gasteiger partial charge is 0.325 e. The van der Waals surface area contributed by atoms with Gasteiger partial charge in [-0.3, -0.25) is 9.59 Å². The molecule has 0 radical (unpaired) electrons. The summed E-state index contributed by atoms with van der Waals surface area (Å²) < 4.78 is 0. The Kier molecular flexibility index (Phi) is 4.81. The third kappa shape index (κ3) is 3.40. The number of benzene rings is 1. The van der Waals surface area contributed by atoms with E-state index in [-0.39, 0.29) is 28.3 Å². The van der Waals surface area contributed by atoms with Crippen molar-refractivity contribution in [3.8, 4) is 0 Å². The molecule has 0 atom stereocenters. The fourth-order valence-corrected chi connectivity index (χ4v) is 1.87. The van der Waals surface area contributed by atoms with Gasteiger partial charge in [-0.1, -0.05) is 27.5 Å². The molecule has 0 aliphatic carbocycles. The van der Waals surface area contributed by atoms with Crippen LogP contribution in [-0.4, -0.2) is 27.0 Å². The second-order valence-corrected chi connectivity index (χ2v) is 4.79. The molecule has 0 saturated carbocycles. The van der Waals surface area contributed by atoms with Gasteiger partial charge in [0, 0.05) is 16.8 Å². The van der Waals surface area contributed by atoms with E-state index in [1.807, 2.05) is 0 Å². The summed E-state index contributed by atoms with van der Waals surface area (Å²) in [5, 5.41) is 3.17. The third-order valence-electron chi connectivity index (χ3n) is 2.44. The zero-order valence-corrected chi connectivity index (χ0v) is 12.5. The molecule has 1 N–H and O–H groups in total. The summed E-state index contributed by atoms with van der Waals surface area (Å²) in [4.78, 5) is 31.5. The van der Waals surface area contributed by atoms with Crippen LogP contribution in [0.1, 0.15) is 16.1 Å². The van der Waals surface area contributed by atoms with Crippen LogP contribution in [0.3, 0.4) is 0 Å². The van der Waals surface area contributed by atoms with Crippen LogP contribution in [0.25, 0.3) is 0 Å². The number of nitrogens with zero attached hydrogens (tertiary/aromatic N) is 2. The van der Waals surface area contributed by atoms with E-state index < -0.39 is 0 Å². The number of hydrogen-bond acceptors (Lipinski definition) is 4. The Hall–Kier alpha value is -1.79. The topological polar surface area (TPSA) is 72.0 Å². The van der Waals surface area contributed by atoms with Crippen LogP contribution in [0.15, 0.2) is 36.8 Å². The van der Waals surface area contributed by atoms with Crippen molar-refractivity contribution in [2.24, 2.45) is 0 Å². The molecule has 102 valence electrons. The lowest BCUT2D eigenvalue weighted by Gasteiger charge is -2.09. The second kappa shape index (κ2) is 6.58. The first-order valence-corrected chi connectivity index (χ1v) is 7.08. The number of alkyl halides is 1. The van der Waals surface area contributed by atoms with E-state index in [1.165, 1.54) is 24.7 Å². The molecule has 0 aliphatic heterocycles. The molecule has 1 aromatic carbocycles. The second-order valence-electron chi connectivity index (χ2n) is 3.80. The number of carbonyl (C=O) groups is 2. The molecule has 20 heavy (non-hydrogen) atoms. The standard InChI is InChI=1S/C13H9BrClN3O2/c14-6-12(19)18-10-2-1-8(15)5-9(10)13(20)11-3-4-16-7-17-11/h1-5,7H,6H2,(H,18,19). The minimum absolute atomic E-state index is 0.136. The molecule has 2 aromatic rings. The average Bonchev–Trinajstić information content (AvgIpc) is 2.49. The van der Waals surface area contributed by atoms with Gasteiger partial charge in [0.1, 0.15) is 12.0 Å². The van der Waals surface area contributed by atoms with Gasteiger partial charge in [0.25, 0.3) is 0 Å². The van der Waals surface area contributed by atoms with Crippen LogP contribution in [0.5, 0.6) is 0 Å². The predicted octanol–water partition coefficient (Wildman–Crippen LogP) is 2.69. The van der Waals surface area contributed by atoms with Crippen LogP contribution >= 0.6 is 27.5 Å². The van der Waals surface area contributed by atoms with Gasteiger partial charge in [0.2, 0.25) is 11.7 Å². The molecular weight excluding hydrogens is 346 g/mol. The lowest BCUT2D eigenvalue weighted by Crippen LogP contribution is -2.16. The Morgan fingerprint density at radius 3 is 2.75 bits per heavy atom. The fourth-order valence-electron chi connectivity index (χ4n) is 1.56. The zero-order chi connectivity index (χ0) is 14.5. The molecule has 0 fully saturated rings. The predicted molar refractivity (Wildman–Crippen MR) is 79.3 cm³/mol. The molecule has 0 aliphatic rings. The number of halogens is 2. The molecule has 1 heterocycles. The van der Waals surface area contributed by atoms with Crippen LogP contribution in [-0.2, 0) is 4.79 Å². The Morgan fingerprint density at radius 1 is 1.30 bits per heavy atom. The SMILES string of the molecule is O=C(CBr)Nc1ccc(Cl)cc1C(=O)c1ccncn1. The zero-order valence-electron chi connectivity index (χ0n) is 10.1. The molecule has 1 aromatic heterocycles. The number of ketones is 1. The van der Waals surface area contributed by atoms with Gasteiger partial charge in [-0.05, 0) is 24.3 Å². The van der Waals surface area contributed by atoms with Gasteiger partial charge < -0.3 is 5.32 Å². The fraction of sp³-hybridized carbons (Fsp3) is 0.0769. The normalized spacial score (nSPS) is 10.1. The van der Waals surface area contributed by atoms with E-state index in [0.29, 0.717) is 10.7 Å². The number of hydrogen-bond donors (Lipinski definition) is 1. The maximum absolute atomic E-state index is 12.4. The highest BCUT2D eigenvalue weighted by Crippen LogP contribution is 2.23. The number of aromatic nitrogens is 2. The lowest BCUT2D eigenvalue weighted by molar-refractivity contribution is -0.113. The van der Waals surface area contributed by atoms with Crippen molar-refractivity contribution in [3.63, 3.8) is 0 Å². The molecule has 0 saturated heterocycles. The number of carbonyl (C=O) groups excluding carboxylic acids is 2. The molecule has 0 unspecified atom stereocenters. The summed E-state index contributed by atoms with van der Waals surface area (Å²) in [6.45, 7) is 0. The van der Waals surface area contributed by atoms with Crippen molar-refractivity contribution in [2.45, 2.75) is 0 Å². The van der Waals surface area contributed by atoms with E-state index in [0.717, 1.165) is 0 Å². The van der Waals surface area contributed by atoms with Crippen molar-refractivity contribution in [1.29, 1.82) is 0 Å². The van der Waals surface area contributed by atoms with Crippen molar-refractivity contribution < 1.29 is 9.59 Å². The Bertz CT molecular complexity index is 649. The van der Waals surface area contributed by atoms with E-state index in [1.54, 1.807) is 12.1 Å². The lowest BCUT2D eigenvalue weighted by atomic mass is 10.1. The van der Waals surface area contributed by atoms with Gasteiger partial charge >= 0.3 is 0 Å². The molecule has 2 rings (SSSR count). The number of nitrogens with one attached hydrogen (secondary N) is 1. The van der Waals surface area contributed by atoms with Gasteiger partial charge in [0.05, 0.1) is 11.0 Å². The highest BCUT2D eigenvalue weighted by molar-refractivity contribution is 9.09. The van der Waals surface area contributed by atoms with Crippen LogP contribution in [0.2, 0.25) is 5.02 Å². The highest BCUT2D eigenvalue weighted by atomic mass is 79.9. The molecule has 0 spiro atoms. The Balaban J connectivity index is 2.41. The van der Waals surface area contributed by atoms with Gasteiger partial charge in [0.15, 0.2) is 0 Å². The van der Waals surface area contributed by atoms with Crippen molar-refractivity contribution in [1.82, 2.24) is 9.97 Å². The van der Waals surface area contributed by atoms with Crippen LogP contribution in [0, 0.1) is 0 Å². The third-order valence-corrected chi connectivity index (χ3v) is 3.18. The summed E-state index contributed by atoms with van der Waals surface area (Å²) in [5.74, 6) is -0.594. The first-order chi connectivity index (χ1) is 9.61. The quantitative estimate of drug-likeness (QED) is 0.677. The van der Waals surface area contributed by atoms with Gasteiger partial charge in [-0.15, -0.1) is 0 Å². The monoisotopic (exact) mass is 353 g/mol. The van der Waals surface area contributed by atoms with Gasteiger partial charge in [-0.25, -0.2) is 9.97 Å². The van der Waals surface area contributed by atoms with Crippen molar-refractivity contribution in [3.05, 3.63) is 53.1 Å². The summed E-state index contributed by atoms with van der Waals surface area (Å²) in [7, 11) is 0. The van der Waals surface area contributed by atoms with E-state index in [4.69, 9.17) is 11.6 Å². The van der Waals surface area contributed by atoms with E-state index in [2.05, 4.69) is 31.2 Å². The minimum atomic E-state index is -0.334. The highest BCUT2D eigenvalue weighted by Gasteiger charge is 2.16. The number of anilines is 1. The summed E-state index contributed by atoms with van der Waals surface area (Å²) in [6.07, 6.45) is 2.76. The molecule has 7 heteroatoms. The summed E-state index contributed by atoms with van der Waals surface area (Å²) >= 11 is 8.96. The maximum atomic E-state index is 12.4. The summed E-state index contributed by atoms with van der Waals surface area (Å²) in [5.41, 5.74) is 0.907. The van der Waals surface area contributed by atoms with Crippen molar-refractivity contribution in [2.75, 3.05) is 10.6 Å². The maximum Gasteiger partial charge on any atom is 0.235 e. The molecular formula is C13H9BrClN3O2.